The Morgan fingerprint density at radius 2 is 2.22 bits per heavy atom. The zero-order valence-corrected chi connectivity index (χ0v) is 11.2. The Kier molecular flexibility index (Phi) is 6.53. The van der Waals surface area contributed by atoms with E-state index in [1.54, 1.807) is 24.8 Å². The largest absolute Gasteiger partial charge is 0.478 e. The normalized spacial score (nSPS) is 10.3. The van der Waals surface area contributed by atoms with Gasteiger partial charge in [0.05, 0.1) is 5.56 Å². The fourth-order valence-electron chi connectivity index (χ4n) is 1.40. The summed E-state index contributed by atoms with van der Waals surface area (Å²) >= 11 is 1.75. The van der Waals surface area contributed by atoms with Crippen LogP contribution >= 0.6 is 11.8 Å². The predicted octanol–water partition coefficient (Wildman–Crippen LogP) is 1.62. The number of aliphatic hydroxyl groups excluding tert-OH is 1. The van der Waals surface area contributed by atoms with Crippen LogP contribution in [0.5, 0.6) is 0 Å². The van der Waals surface area contributed by atoms with Crippen molar-refractivity contribution in [3.8, 4) is 0 Å². The molecule has 18 heavy (non-hydrogen) atoms. The quantitative estimate of drug-likeness (QED) is 0.623. The van der Waals surface area contributed by atoms with Crippen LogP contribution in [0.2, 0.25) is 0 Å². The molecule has 1 aromatic rings. The maximum absolute atomic E-state index is 10.9. The number of carbonyl (C=O) groups is 1. The number of hydrogen-bond donors (Lipinski definition) is 3. The van der Waals surface area contributed by atoms with Crippen molar-refractivity contribution in [1.29, 1.82) is 0 Å². The lowest BCUT2D eigenvalue weighted by atomic mass is 10.2. The summed E-state index contributed by atoms with van der Waals surface area (Å²) < 4.78 is 0. The van der Waals surface area contributed by atoms with Crippen LogP contribution in [0.25, 0.3) is 0 Å². The van der Waals surface area contributed by atoms with E-state index in [1.807, 2.05) is 0 Å². The minimum Gasteiger partial charge on any atom is -0.478 e. The number of nitrogens with one attached hydrogen (secondary N) is 1. The Morgan fingerprint density at radius 3 is 2.89 bits per heavy atom. The van der Waals surface area contributed by atoms with Crippen LogP contribution in [-0.4, -0.2) is 45.8 Å². The van der Waals surface area contributed by atoms with E-state index in [4.69, 9.17) is 10.2 Å². The molecule has 0 atom stereocenters. The highest BCUT2D eigenvalue weighted by atomic mass is 32.2. The molecule has 1 aromatic heterocycles. The Bertz CT molecular complexity index is 399. The third-order valence-electron chi connectivity index (χ3n) is 2.20. The van der Waals surface area contributed by atoms with Gasteiger partial charge in [-0.2, -0.15) is 11.8 Å². The Balaban J connectivity index is 2.40. The van der Waals surface area contributed by atoms with Gasteiger partial charge in [-0.3, -0.25) is 0 Å². The maximum atomic E-state index is 10.9. The average Bonchev–Trinajstić information content (AvgIpc) is 2.33. The first kappa shape index (κ1) is 14.8. The Hall–Kier alpha value is -1.27. The van der Waals surface area contributed by atoms with Crippen LogP contribution < -0.4 is 5.32 Å². The van der Waals surface area contributed by atoms with Crippen LogP contribution in [0.4, 0.5) is 5.82 Å². The van der Waals surface area contributed by atoms with E-state index in [2.05, 4.69) is 10.3 Å². The SMILES string of the molecule is Cc1cc(C(=O)O)cc(NCCSCCCO)n1. The van der Waals surface area contributed by atoms with Crippen LogP contribution in [0, 0.1) is 6.92 Å². The van der Waals surface area contributed by atoms with Gasteiger partial charge >= 0.3 is 5.97 Å². The zero-order valence-electron chi connectivity index (χ0n) is 10.3. The highest BCUT2D eigenvalue weighted by molar-refractivity contribution is 7.99. The lowest BCUT2D eigenvalue weighted by molar-refractivity contribution is 0.0696. The van der Waals surface area contributed by atoms with Crippen molar-refractivity contribution in [2.45, 2.75) is 13.3 Å². The number of carboxylic acids is 1. The number of pyridine rings is 1. The number of nitrogens with zero attached hydrogens (tertiary/aromatic N) is 1. The van der Waals surface area contributed by atoms with E-state index in [1.165, 1.54) is 6.07 Å². The van der Waals surface area contributed by atoms with Crippen molar-refractivity contribution in [2.75, 3.05) is 30.0 Å². The van der Waals surface area contributed by atoms with Gasteiger partial charge in [-0.15, -0.1) is 0 Å². The van der Waals surface area contributed by atoms with Gasteiger partial charge in [-0.1, -0.05) is 0 Å². The van der Waals surface area contributed by atoms with Gasteiger partial charge in [0.15, 0.2) is 0 Å². The molecule has 0 bridgehead atoms. The van der Waals surface area contributed by atoms with Gasteiger partial charge in [-0.25, -0.2) is 9.78 Å². The highest BCUT2D eigenvalue weighted by Crippen LogP contribution is 2.10. The first-order valence-corrected chi connectivity index (χ1v) is 6.93. The number of aryl methyl sites for hydroxylation is 1. The Labute approximate surface area is 111 Å². The summed E-state index contributed by atoms with van der Waals surface area (Å²) in [6.07, 6.45) is 0.802. The molecule has 3 N–H and O–H groups in total. The summed E-state index contributed by atoms with van der Waals surface area (Å²) in [4.78, 5) is 15.1. The molecular formula is C12H18N2O3S. The number of rotatable bonds is 8. The highest BCUT2D eigenvalue weighted by Gasteiger charge is 2.06. The average molecular weight is 270 g/mol. The van der Waals surface area contributed by atoms with Crippen molar-refractivity contribution in [3.05, 3.63) is 23.4 Å². The molecule has 0 spiro atoms. The van der Waals surface area contributed by atoms with E-state index >= 15 is 0 Å². The molecule has 0 unspecified atom stereocenters. The molecule has 0 fully saturated rings. The second-order valence-corrected chi connectivity index (χ2v) is 5.03. The molecule has 0 saturated carbocycles. The van der Waals surface area contributed by atoms with E-state index in [-0.39, 0.29) is 12.2 Å². The zero-order chi connectivity index (χ0) is 13.4. The van der Waals surface area contributed by atoms with E-state index in [0.29, 0.717) is 11.5 Å². The van der Waals surface area contributed by atoms with E-state index in [9.17, 15) is 4.79 Å². The third-order valence-corrected chi connectivity index (χ3v) is 3.27. The number of aromatic nitrogens is 1. The van der Waals surface area contributed by atoms with E-state index in [0.717, 1.165) is 24.5 Å². The van der Waals surface area contributed by atoms with E-state index < -0.39 is 5.97 Å². The summed E-state index contributed by atoms with van der Waals surface area (Å²) in [5, 5.41) is 20.6. The summed E-state index contributed by atoms with van der Waals surface area (Å²) in [5.41, 5.74) is 0.934. The molecule has 0 aliphatic heterocycles. The number of carboxylic acid groups (broad SMARTS) is 1. The molecule has 6 heteroatoms. The first-order valence-electron chi connectivity index (χ1n) is 5.78. The topological polar surface area (TPSA) is 82.5 Å². The lowest BCUT2D eigenvalue weighted by Gasteiger charge is -2.07. The summed E-state index contributed by atoms with van der Waals surface area (Å²) in [5.74, 6) is 1.48. The van der Waals surface area contributed by atoms with Crippen LogP contribution in [0.3, 0.4) is 0 Å². The number of thioether (sulfide) groups is 1. The number of hydrogen-bond acceptors (Lipinski definition) is 5. The molecule has 1 heterocycles. The summed E-state index contributed by atoms with van der Waals surface area (Å²) in [7, 11) is 0. The lowest BCUT2D eigenvalue weighted by Crippen LogP contribution is -2.08. The molecule has 5 nitrogen and oxygen atoms in total. The van der Waals surface area contributed by atoms with Crippen molar-refractivity contribution in [2.24, 2.45) is 0 Å². The van der Waals surface area contributed by atoms with Gasteiger partial charge < -0.3 is 15.5 Å². The molecule has 0 amide bonds. The van der Waals surface area contributed by atoms with Crippen LogP contribution in [0.15, 0.2) is 12.1 Å². The van der Waals surface area contributed by atoms with Gasteiger partial charge in [0.25, 0.3) is 0 Å². The molecule has 0 saturated heterocycles. The number of aromatic carboxylic acids is 1. The standard InChI is InChI=1S/C12H18N2O3S/c1-9-7-10(12(16)17)8-11(14-9)13-3-6-18-5-2-4-15/h7-8,15H,2-6H2,1H3,(H,13,14)(H,16,17). The van der Waals surface area contributed by atoms with Gasteiger partial charge in [0, 0.05) is 24.6 Å². The summed E-state index contributed by atoms with van der Waals surface area (Å²) in [6.45, 7) is 2.72. The minimum atomic E-state index is -0.944. The Morgan fingerprint density at radius 1 is 1.44 bits per heavy atom. The summed E-state index contributed by atoms with van der Waals surface area (Å²) in [6, 6.07) is 3.08. The fraction of sp³-hybridized carbons (Fsp3) is 0.500. The maximum Gasteiger partial charge on any atom is 0.335 e. The van der Waals surface area contributed by atoms with Gasteiger partial charge in [0.1, 0.15) is 5.82 Å². The second-order valence-electron chi connectivity index (χ2n) is 3.80. The molecule has 0 radical (unpaired) electrons. The molecule has 1 rings (SSSR count). The van der Waals surface area contributed by atoms with Crippen LogP contribution in [-0.2, 0) is 0 Å². The van der Waals surface area contributed by atoms with Crippen molar-refractivity contribution >= 4 is 23.5 Å². The van der Waals surface area contributed by atoms with Gasteiger partial charge in [-0.05, 0) is 31.2 Å². The number of anilines is 1. The smallest absolute Gasteiger partial charge is 0.335 e. The number of aliphatic hydroxyl groups is 1. The van der Waals surface area contributed by atoms with Crippen molar-refractivity contribution in [3.63, 3.8) is 0 Å². The van der Waals surface area contributed by atoms with Gasteiger partial charge in [0.2, 0.25) is 0 Å². The second kappa shape index (κ2) is 7.94. The minimum absolute atomic E-state index is 0.224. The molecular weight excluding hydrogens is 252 g/mol. The molecule has 0 aromatic carbocycles. The molecule has 100 valence electrons. The third kappa shape index (κ3) is 5.37. The van der Waals surface area contributed by atoms with Crippen molar-refractivity contribution in [1.82, 2.24) is 4.98 Å². The monoisotopic (exact) mass is 270 g/mol. The van der Waals surface area contributed by atoms with Crippen molar-refractivity contribution < 1.29 is 15.0 Å². The first-order chi connectivity index (χ1) is 8.63. The molecule has 0 aliphatic carbocycles. The molecule has 0 aliphatic rings. The fourth-order valence-corrected chi connectivity index (χ4v) is 2.19. The predicted molar refractivity (Wildman–Crippen MR) is 73.5 cm³/mol. The van der Waals surface area contributed by atoms with Crippen LogP contribution in [0.1, 0.15) is 22.5 Å².